The van der Waals surface area contributed by atoms with E-state index in [-0.39, 0.29) is 34.5 Å². The molecule has 0 aromatic carbocycles. The van der Waals surface area contributed by atoms with Crippen molar-refractivity contribution >= 4 is 52.2 Å². The van der Waals surface area contributed by atoms with Gasteiger partial charge in [-0.25, -0.2) is 14.6 Å². The molecule has 0 spiro atoms. The summed E-state index contributed by atoms with van der Waals surface area (Å²) in [6, 6.07) is -0.368. The van der Waals surface area contributed by atoms with Crippen LogP contribution in [-0.2, 0) is 23.8 Å². The van der Waals surface area contributed by atoms with E-state index >= 15 is 0 Å². The van der Waals surface area contributed by atoms with E-state index < -0.39 is 42.4 Å². The van der Waals surface area contributed by atoms with Gasteiger partial charge in [0.05, 0.1) is 24.2 Å². The van der Waals surface area contributed by atoms with Crippen LogP contribution in [0.3, 0.4) is 0 Å². The maximum absolute atomic E-state index is 13.2. The number of fused-ring (bicyclic) bond motifs is 1. The molecular formula is C23H30N4O8S2. The standard InChI is InChI=1S/C23H30N4O8S2/c1-9(2)33-23(32)35-12(5)34-21(31)17-18(10(3)16-15(11(4)28)20(30)27(16)17)37-13-6-26(7-13)22-25-14(8-36-22)19(24)29/h8-13,15-16,28H,6-7H2,1-5H3,(H2,24,29)/t10-,11-,12?,15-,16-/m1/s1. The number of aliphatic hydroxyl groups is 1. The van der Waals surface area contributed by atoms with Gasteiger partial charge in [0.2, 0.25) is 12.2 Å². The molecule has 4 heterocycles. The van der Waals surface area contributed by atoms with Crippen LogP contribution in [0.4, 0.5) is 9.93 Å². The molecule has 0 aliphatic carbocycles. The number of ether oxygens (including phenoxy) is 3. The quantitative estimate of drug-likeness (QED) is 0.259. The Balaban J connectivity index is 1.48. The summed E-state index contributed by atoms with van der Waals surface area (Å²) in [4.78, 5) is 57.6. The highest BCUT2D eigenvalue weighted by atomic mass is 32.2. The minimum Gasteiger partial charge on any atom is -0.431 e. The lowest BCUT2D eigenvalue weighted by Crippen LogP contribution is -2.63. The van der Waals surface area contributed by atoms with Gasteiger partial charge in [-0.1, -0.05) is 6.92 Å². The predicted molar refractivity (Wildman–Crippen MR) is 134 cm³/mol. The van der Waals surface area contributed by atoms with Gasteiger partial charge in [0, 0.05) is 41.5 Å². The number of nitrogens with two attached hydrogens (primary N) is 1. The smallest absolute Gasteiger partial charge is 0.431 e. The number of amides is 2. The molecule has 3 aliphatic rings. The number of nitrogens with zero attached hydrogens (tertiary/aromatic N) is 3. The molecule has 1 unspecified atom stereocenters. The maximum atomic E-state index is 13.2. The summed E-state index contributed by atoms with van der Waals surface area (Å²) < 4.78 is 15.3. The number of anilines is 1. The van der Waals surface area contributed by atoms with Crippen LogP contribution in [0.1, 0.15) is 45.1 Å². The molecule has 202 valence electrons. The van der Waals surface area contributed by atoms with Crippen molar-refractivity contribution in [2.45, 2.75) is 64.4 Å². The van der Waals surface area contributed by atoms with Crippen molar-refractivity contribution in [3.05, 3.63) is 21.7 Å². The van der Waals surface area contributed by atoms with Gasteiger partial charge < -0.3 is 34.9 Å². The maximum Gasteiger partial charge on any atom is 0.511 e. The van der Waals surface area contributed by atoms with Crippen molar-refractivity contribution in [3.8, 4) is 0 Å². The first-order valence-corrected chi connectivity index (χ1v) is 13.6. The summed E-state index contributed by atoms with van der Waals surface area (Å²) >= 11 is 2.81. The summed E-state index contributed by atoms with van der Waals surface area (Å²) in [6.45, 7) is 9.42. The number of hydrogen-bond acceptors (Lipinski definition) is 12. The Hall–Kier alpha value is -2.84. The van der Waals surface area contributed by atoms with E-state index in [9.17, 15) is 24.3 Å². The van der Waals surface area contributed by atoms with E-state index in [4.69, 9.17) is 19.9 Å². The molecule has 0 bridgehead atoms. The molecule has 14 heteroatoms. The molecular weight excluding hydrogens is 524 g/mol. The first kappa shape index (κ1) is 27.2. The Kier molecular flexibility index (Phi) is 7.72. The summed E-state index contributed by atoms with van der Waals surface area (Å²) in [5, 5.41) is 12.6. The molecule has 5 atom stereocenters. The summed E-state index contributed by atoms with van der Waals surface area (Å²) in [7, 11) is 0. The van der Waals surface area contributed by atoms with Crippen LogP contribution >= 0.6 is 23.1 Å². The van der Waals surface area contributed by atoms with E-state index in [1.54, 1.807) is 26.2 Å². The first-order valence-electron chi connectivity index (χ1n) is 11.9. The molecule has 3 N–H and O–H groups in total. The zero-order chi connectivity index (χ0) is 27.2. The third kappa shape index (κ3) is 5.27. The van der Waals surface area contributed by atoms with Crippen LogP contribution in [0.5, 0.6) is 0 Å². The largest absolute Gasteiger partial charge is 0.511 e. The van der Waals surface area contributed by atoms with Crippen LogP contribution in [0.15, 0.2) is 16.0 Å². The van der Waals surface area contributed by atoms with Crippen molar-refractivity contribution in [1.82, 2.24) is 9.88 Å². The number of β-lactam (4-membered cyclic amide) rings is 1. The Morgan fingerprint density at radius 1 is 1.19 bits per heavy atom. The van der Waals surface area contributed by atoms with Gasteiger partial charge in [-0.15, -0.1) is 23.1 Å². The average Bonchev–Trinajstić information content (AvgIpc) is 3.31. The van der Waals surface area contributed by atoms with Crippen LogP contribution in [0.25, 0.3) is 0 Å². The van der Waals surface area contributed by atoms with E-state index in [0.29, 0.717) is 23.1 Å². The second-order valence-corrected chi connectivity index (χ2v) is 11.7. The van der Waals surface area contributed by atoms with Gasteiger partial charge in [0.25, 0.3) is 5.91 Å². The number of aromatic nitrogens is 1. The van der Waals surface area contributed by atoms with Gasteiger partial charge in [0.15, 0.2) is 5.13 Å². The number of thiazole rings is 1. The molecule has 2 saturated heterocycles. The number of primary amides is 1. The van der Waals surface area contributed by atoms with Gasteiger partial charge >= 0.3 is 12.1 Å². The Morgan fingerprint density at radius 3 is 2.43 bits per heavy atom. The van der Waals surface area contributed by atoms with E-state index in [1.807, 2.05) is 11.8 Å². The molecule has 4 rings (SSSR count). The molecule has 37 heavy (non-hydrogen) atoms. The molecule has 0 radical (unpaired) electrons. The molecule has 2 fully saturated rings. The normalized spacial score (nSPS) is 24.8. The lowest BCUT2D eigenvalue weighted by molar-refractivity contribution is -0.174. The number of carbonyl (C=O) groups excluding carboxylic acids is 4. The molecule has 3 aliphatic heterocycles. The minimum absolute atomic E-state index is 0.0923. The van der Waals surface area contributed by atoms with Crippen LogP contribution in [0.2, 0.25) is 0 Å². The Morgan fingerprint density at radius 2 is 1.86 bits per heavy atom. The molecule has 2 amide bonds. The van der Waals surface area contributed by atoms with Gasteiger partial charge in [-0.05, 0) is 20.8 Å². The lowest BCUT2D eigenvalue weighted by atomic mass is 9.79. The topological polar surface area (TPSA) is 162 Å². The fraction of sp³-hybridized carbons (Fsp3) is 0.609. The van der Waals surface area contributed by atoms with Gasteiger partial charge in [-0.2, -0.15) is 0 Å². The van der Waals surface area contributed by atoms with E-state index in [0.717, 1.165) is 0 Å². The number of thioether (sulfide) groups is 1. The Labute approximate surface area is 222 Å². The van der Waals surface area contributed by atoms with Gasteiger partial charge in [-0.3, -0.25) is 9.59 Å². The average molecular weight is 555 g/mol. The predicted octanol–water partition coefficient (Wildman–Crippen LogP) is 1.68. The number of hydrogen-bond donors (Lipinski definition) is 2. The van der Waals surface area contributed by atoms with Crippen LogP contribution in [-0.4, -0.2) is 81.8 Å². The highest BCUT2D eigenvalue weighted by Crippen LogP contribution is 2.52. The second-order valence-electron chi connectivity index (χ2n) is 9.50. The SMILES string of the molecule is CC(C)OC(=O)OC(C)OC(=O)C1=C(SC2CN(c3nc(C(N)=O)cs3)C2)[C@H](C)[C@@H]2[C@@H]([C@@H](C)O)C(=O)N12. The minimum atomic E-state index is -1.24. The Bertz CT molecular complexity index is 1130. The fourth-order valence-corrected chi connectivity index (χ4v) is 6.98. The van der Waals surface area contributed by atoms with E-state index in [2.05, 4.69) is 4.98 Å². The zero-order valence-corrected chi connectivity index (χ0v) is 22.7. The first-order chi connectivity index (χ1) is 17.4. The number of aliphatic hydroxyl groups excluding tert-OH is 1. The fourth-order valence-electron chi connectivity index (χ4n) is 4.63. The van der Waals surface area contributed by atoms with Crippen molar-refractivity contribution in [2.75, 3.05) is 18.0 Å². The summed E-state index contributed by atoms with van der Waals surface area (Å²) in [5.74, 6) is -2.55. The van der Waals surface area contributed by atoms with Crippen molar-refractivity contribution < 1.29 is 38.5 Å². The number of esters is 1. The van der Waals surface area contributed by atoms with Crippen molar-refractivity contribution in [3.63, 3.8) is 0 Å². The molecule has 0 saturated carbocycles. The zero-order valence-electron chi connectivity index (χ0n) is 21.1. The third-order valence-electron chi connectivity index (χ3n) is 6.33. The second kappa shape index (κ2) is 10.5. The lowest BCUT2D eigenvalue weighted by Gasteiger charge is -2.46. The van der Waals surface area contributed by atoms with Crippen molar-refractivity contribution in [2.24, 2.45) is 17.6 Å². The van der Waals surface area contributed by atoms with Crippen LogP contribution in [0, 0.1) is 11.8 Å². The van der Waals surface area contributed by atoms with Gasteiger partial charge in [0.1, 0.15) is 11.4 Å². The summed E-state index contributed by atoms with van der Waals surface area (Å²) in [5.41, 5.74) is 5.62. The monoisotopic (exact) mass is 554 g/mol. The molecule has 12 nitrogen and oxygen atoms in total. The highest BCUT2D eigenvalue weighted by molar-refractivity contribution is 8.03. The van der Waals surface area contributed by atoms with E-state index in [1.165, 1.54) is 34.9 Å². The highest BCUT2D eigenvalue weighted by Gasteiger charge is 2.60. The number of rotatable bonds is 9. The summed E-state index contributed by atoms with van der Waals surface area (Å²) in [6.07, 6.45) is -3.47. The molecule has 1 aromatic rings. The third-order valence-corrected chi connectivity index (χ3v) is 8.68. The molecule has 1 aromatic heterocycles. The van der Waals surface area contributed by atoms with Crippen molar-refractivity contribution in [1.29, 1.82) is 0 Å². The number of carbonyl (C=O) groups is 4. The van der Waals surface area contributed by atoms with Crippen LogP contribution < -0.4 is 10.6 Å².